The predicted octanol–water partition coefficient (Wildman–Crippen LogP) is 0.768. The standard InChI is InChI=1S/C8H16NO2/c1-6-8(10)7(2)11-9(3,4)5/h6-7H,1H2,2-5H3/q+1. The molecule has 0 spiro atoms. The third-order valence-corrected chi connectivity index (χ3v) is 1.08. The topological polar surface area (TPSA) is 26.3 Å². The smallest absolute Gasteiger partial charge is 0.189 e. The van der Waals surface area contributed by atoms with Crippen LogP contribution in [0.2, 0.25) is 0 Å². The summed E-state index contributed by atoms with van der Waals surface area (Å²) in [6.07, 6.45) is 0.868. The van der Waals surface area contributed by atoms with Crippen molar-refractivity contribution in [1.29, 1.82) is 0 Å². The zero-order chi connectivity index (χ0) is 9.07. The second kappa shape index (κ2) is 3.64. The Labute approximate surface area is 67.8 Å². The average molecular weight is 158 g/mol. The van der Waals surface area contributed by atoms with E-state index in [9.17, 15) is 4.79 Å². The van der Waals surface area contributed by atoms with Crippen LogP contribution in [0.5, 0.6) is 0 Å². The molecule has 0 aliphatic heterocycles. The van der Waals surface area contributed by atoms with E-state index in [4.69, 9.17) is 4.84 Å². The lowest BCUT2D eigenvalue weighted by Gasteiger charge is -2.23. The highest BCUT2D eigenvalue weighted by molar-refractivity contribution is 5.92. The van der Waals surface area contributed by atoms with Gasteiger partial charge in [-0.1, -0.05) is 6.58 Å². The van der Waals surface area contributed by atoms with Crippen LogP contribution < -0.4 is 0 Å². The summed E-state index contributed by atoms with van der Waals surface area (Å²) < 4.78 is 0.320. The average Bonchev–Trinajstić information content (AvgIpc) is 1.82. The van der Waals surface area contributed by atoms with Crippen molar-refractivity contribution in [1.82, 2.24) is 0 Å². The highest BCUT2D eigenvalue weighted by atomic mass is 16.7. The molecule has 0 rings (SSSR count). The van der Waals surface area contributed by atoms with E-state index >= 15 is 0 Å². The first kappa shape index (κ1) is 10.3. The molecule has 0 bridgehead atoms. The molecule has 11 heavy (non-hydrogen) atoms. The Balaban J connectivity index is 3.97. The number of hydrogen-bond donors (Lipinski definition) is 0. The van der Waals surface area contributed by atoms with Crippen LogP contribution in [0.1, 0.15) is 6.92 Å². The fourth-order valence-corrected chi connectivity index (χ4v) is 0.692. The van der Waals surface area contributed by atoms with Gasteiger partial charge in [0, 0.05) is 0 Å². The van der Waals surface area contributed by atoms with Gasteiger partial charge in [-0.2, -0.15) is 9.48 Å². The number of carbonyl (C=O) groups excluding carboxylic acids is 1. The Hall–Kier alpha value is -0.670. The molecule has 0 saturated carbocycles. The van der Waals surface area contributed by atoms with Gasteiger partial charge < -0.3 is 0 Å². The van der Waals surface area contributed by atoms with Crippen molar-refractivity contribution in [2.24, 2.45) is 0 Å². The zero-order valence-electron chi connectivity index (χ0n) is 7.63. The number of hydroxylamine groups is 3. The van der Waals surface area contributed by atoms with E-state index in [0.717, 1.165) is 0 Å². The maximum Gasteiger partial charge on any atom is 0.189 e. The van der Waals surface area contributed by atoms with Gasteiger partial charge in [0.2, 0.25) is 0 Å². The van der Waals surface area contributed by atoms with Crippen molar-refractivity contribution < 1.29 is 14.3 Å². The van der Waals surface area contributed by atoms with Crippen molar-refractivity contribution >= 4 is 5.78 Å². The summed E-state index contributed by atoms with van der Waals surface area (Å²) in [5.41, 5.74) is 0. The van der Waals surface area contributed by atoms with Crippen LogP contribution in [-0.2, 0) is 9.63 Å². The molecule has 0 N–H and O–H groups in total. The van der Waals surface area contributed by atoms with Crippen molar-refractivity contribution in [3.05, 3.63) is 12.7 Å². The Morgan fingerprint density at radius 2 is 2.00 bits per heavy atom. The molecule has 1 atom stereocenters. The van der Waals surface area contributed by atoms with E-state index in [2.05, 4.69) is 6.58 Å². The van der Waals surface area contributed by atoms with Gasteiger partial charge in [0.25, 0.3) is 0 Å². The molecule has 0 aliphatic carbocycles. The lowest BCUT2D eigenvalue weighted by atomic mass is 10.3. The van der Waals surface area contributed by atoms with Crippen molar-refractivity contribution in [2.75, 3.05) is 21.1 Å². The van der Waals surface area contributed by atoms with Crippen LogP contribution in [0.25, 0.3) is 0 Å². The van der Waals surface area contributed by atoms with Gasteiger partial charge in [0.05, 0.1) is 21.1 Å². The molecule has 0 amide bonds. The first-order valence-electron chi connectivity index (χ1n) is 3.53. The van der Waals surface area contributed by atoms with Gasteiger partial charge in [-0.25, -0.2) is 0 Å². The number of rotatable bonds is 4. The van der Waals surface area contributed by atoms with Crippen molar-refractivity contribution in [3.8, 4) is 0 Å². The number of quaternary nitrogens is 1. The SMILES string of the molecule is C=CC(=O)C(C)O[N+](C)(C)C. The van der Waals surface area contributed by atoms with Gasteiger partial charge in [-0.05, 0) is 13.0 Å². The molecule has 0 saturated heterocycles. The minimum atomic E-state index is -0.410. The molecule has 0 aromatic carbocycles. The summed E-state index contributed by atoms with van der Waals surface area (Å²) in [7, 11) is 5.56. The second-order valence-electron chi connectivity index (χ2n) is 3.24. The minimum Gasteiger partial charge on any atom is -0.292 e. The molecule has 64 valence electrons. The molecule has 3 nitrogen and oxygen atoms in total. The molecule has 3 heteroatoms. The number of ketones is 1. The van der Waals surface area contributed by atoms with Crippen LogP contribution >= 0.6 is 0 Å². The lowest BCUT2D eigenvalue weighted by Crippen LogP contribution is -2.40. The summed E-state index contributed by atoms with van der Waals surface area (Å²) in [5.74, 6) is -0.0851. The van der Waals surface area contributed by atoms with Crippen molar-refractivity contribution in [2.45, 2.75) is 13.0 Å². The third-order valence-electron chi connectivity index (χ3n) is 1.08. The first-order chi connectivity index (χ1) is 4.87. The summed E-state index contributed by atoms with van der Waals surface area (Å²) in [4.78, 5) is 16.2. The third kappa shape index (κ3) is 4.70. The van der Waals surface area contributed by atoms with Gasteiger partial charge in [-0.3, -0.25) is 4.79 Å². The molecular formula is C8H16NO2+. The summed E-state index contributed by atoms with van der Waals surface area (Å²) in [6.45, 7) is 5.09. The largest absolute Gasteiger partial charge is 0.292 e. The van der Waals surface area contributed by atoms with Crippen molar-refractivity contribution in [3.63, 3.8) is 0 Å². The summed E-state index contributed by atoms with van der Waals surface area (Å²) in [6, 6.07) is 0. The predicted molar refractivity (Wildman–Crippen MR) is 43.8 cm³/mol. The highest BCUT2D eigenvalue weighted by Gasteiger charge is 2.19. The number of nitrogens with zero attached hydrogens (tertiary/aromatic N) is 1. The maximum absolute atomic E-state index is 10.9. The first-order valence-corrected chi connectivity index (χ1v) is 3.53. The highest BCUT2D eigenvalue weighted by Crippen LogP contribution is 2.01. The number of hydrogen-bond acceptors (Lipinski definition) is 2. The van der Waals surface area contributed by atoms with Gasteiger partial charge in [0.1, 0.15) is 0 Å². The van der Waals surface area contributed by atoms with Gasteiger partial charge in [-0.15, -0.1) is 0 Å². The lowest BCUT2D eigenvalue weighted by molar-refractivity contribution is -1.06. The van der Waals surface area contributed by atoms with E-state index in [1.54, 1.807) is 6.92 Å². The monoisotopic (exact) mass is 158 g/mol. The van der Waals surface area contributed by atoms with E-state index in [-0.39, 0.29) is 5.78 Å². The van der Waals surface area contributed by atoms with Crippen LogP contribution in [0.3, 0.4) is 0 Å². The van der Waals surface area contributed by atoms with E-state index in [0.29, 0.717) is 4.65 Å². The van der Waals surface area contributed by atoms with Crippen LogP contribution in [0.4, 0.5) is 0 Å². The summed E-state index contributed by atoms with van der Waals surface area (Å²) >= 11 is 0. The van der Waals surface area contributed by atoms with Gasteiger partial charge in [0.15, 0.2) is 11.9 Å². The maximum atomic E-state index is 10.9. The van der Waals surface area contributed by atoms with Gasteiger partial charge >= 0.3 is 0 Å². The normalized spacial score (nSPS) is 14.2. The Bertz CT molecular complexity index is 158. The molecule has 0 radical (unpaired) electrons. The molecule has 0 aromatic heterocycles. The van der Waals surface area contributed by atoms with E-state index < -0.39 is 6.10 Å². The molecule has 0 aliphatic rings. The van der Waals surface area contributed by atoms with E-state index in [1.807, 2.05) is 21.1 Å². The fourth-order valence-electron chi connectivity index (χ4n) is 0.692. The number of carbonyl (C=O) groups is 1. The van der Waals surface area contributed by atoms with Crippen LogP contribution in [-0.4, -0.2) is 37.7 Å². The molecule has 0 heterocycles. The van der Waals surface area contributed by atoms with Crippen LogP contribution in [0.15, 0.2) is 12.7 Å². The fraction of sp³-hybridized carbons (Fsp3) is 0.625. The molecule has 0 fully saturated rings. The second-order valence-corrected chi connectivity index (χ2v) is 3.24. The molecule has 1 unspecified atom stereocenters. The van der Waals surface area contributed by atoms with Crippen LogP contribution in [0, 0.1) is 0 Å². The minimum absolute atomic E-state index is 0.0851. The molecule has 0 aromatic rings. The Morgan fingerprint density at radius 1 is 1.55 bits per heavy atom. The quantitative estimate of drug-likeness (QED) is 0.343. The Morgan fingerprint density at radius 3 is 2.27 bits per heavy atom. The summed E-state index contributed by atoms with van der Waals surface area (Å²) in [5, 5.41) is 0. The molecular weight excluding hydrogens is 142 g/mol. The van der Waals surface area contributed by atoms with E-state index in [1.165, 1.54) is 6.08 Å². The Kier molecular flexibility index (Phi) is 3.42. The zero-order valence-corrected chi connectivity index (χ0v) is 7.63.